The number of aryl methyl sites for hydroxylation is 1. The molecule has 5 heteroatoms. The highest BCUT2D eigenvalue weighted by Gasteiger charge is 2.19. The van der Waals surface area contributed by atoms with E-state index in [4.69, 9.17) is 9.52 Å². The van der Waals surface area contributed by atoms with Crippen LogP contribution in [0, 0.1) is 12.7 Å². The van der Waals surface area contributed by atoms with E-state index in [1.165, 1.54) is 18.2 Å². The fraction of sp³-hybridized carbons (Fsp3) is 0.0769. The van der Waals surface area contributed by atoms with Gasteiger partial charge in [-0.2, -0.15) is 0 Å². The Kier molecular flexibility index (Phi) is 2.97. The van der Waals surface area contributed by atoms with E-state index in [0.717, 1.165) is 6.07 Å². The molecule has 1 aromatic heterocycles. The average molecular weight is 248 g/mol. The summed E-state index contributed by atoms with van der Waals surface area (Å²) in [4.78, 5) is 22.5. The Morgan fingerprint density at radius 1 is 1.17 bits per heavy atom. The van der Waals surface area contributed by atoms with Gasteiger partial charge >= 0.3 is 5.97 Å². The number of hydrogen-bond acceptors (Lipinski definition) is 3. The molecule has 0 saturated heterocycles. The fourth-order valence-electron chi connectivity index (χ4n) is 1.51. The van der Waals surface area contributed by atoms with Crippen LogP contribution in [0.3, 0.4) is 0 Å². The molecule has 0 atom stereocenters. The largest absolute Gasteiger partial charge is 0.475 e. The highest BCUT2D eigenvalue weighted by Crippen LogP contribution is 2.17. The number of aromatic carboxylic acids is 1. The summed E-state index contributed by atoms with van der Waals surface area (Å²) in [6.07, 6.45) is 0. The Balaban J connectivity index is 2.38. The molecule has 0 spiro atoms. The molecular formula is C13H9FO4. The first kappa shape index (κ1) is 12.0. The lowest BCUT2D eigenvalue weighted by Crippen LogP contribution is -2.03. The normalized spacial score (nSPS) is 10.3. The molecule has 18 heavy (non-hydrogen) atoms. The minimum absolute atomic E-state index is 0.146. The summed E-state index contributed by atoms with van der Waals surface area (Å²) in [6, 6.07) is 6.54. The topological polar surface area (TPSA) is 67.5 Å². The molecule has 1 heterocycles. The molecule has 1 aromatic carbocycles. The number of carboxylic acids is 1. The molecule has 92 valence electrons. The van der Waals surface area contributed by atoms with Crippen LogP contribution in [-0.4, -0.2) is 16.9 Å². The van der Waals surface area contributed by atoms with E-state index in [9.17, 15) is 14.0 Å². The summed E-state index contributed by atoms with van der Waals surface area (Å²) in [7, 11) is 0. The van der Waals surface area contributed by atoms with Crippen molar-refractivity contribution in [2.45, 2.75) is 6.92 Å². The van der Waals surface area contributed by atoms with E-state index in [2.05, 4.69) is 0 Å². The fourth-order valence-corrected chi connectivity index (χ4v) is 1.51. The highest BCUT2D eigenvalue weighted by atomic mass is 19.1. The number of ketones is 1. The Bertz CT molecular complexity index is 628. The smallest absolute Gasteiger partial charge is 0.371 e. The van der Waals surface area contributed by atoms with E-state index in [-0.39, 0.29) is 17.1 Å². The maximum atomic E-state index is 13.6. The van der Waals surface area contributed by atoms with Crippen molar-refractivity contribution in [2.75, 3.05) is 0 Å². The third-order valence-electron chi connectivity index (χ3n) is 2.41. The van der Waals surface area contributed by atoms with Crippen molar-refractivity contribution in [1.29, 1.82) is 0 Å². The molecule has 0 radical (unpaired) electrons. The van der Waals surface area contributed by atoms with Crippen LogP contribution in [0.5, 0.6) is 0 Å². The van der Waals surface area contributed by atoms with E-state index < -0.39 is 17.6 Å². The highest BCUT2D eigenvalue weighted by molar-refractivity contribution is 6.07. The van der Waals surface area contributed by atoms with Gasteiger partial charge in [0.25, 0.3) is 0 Å². The maximum absolute atomic E-state index is 13.6. The molecule has 0 saturated carbocycles. The van der Waals surface area contributed by atoms with Gasteiger partial charge in [-0.05, 0) is 36.8 Å². The number of rotatable bonds is 3. The monoisotopic (exact) mass is 248 g/mol. The van der Waals surface area contributed by atoms with Crippen LogP contribution in [0.15, 0.2) is 34.7 Å². The van der Waals surface area contributed by atoms with Gasteiger partial charge in [-0.3, -0.25) is 4.79 Å². The lowest BCUT2D eigenvalue weighted by atomic mass is 10.1. The molecule has 0 amide bonds. The predicted octanol–water partition coefficient (Wildman–Crippen LogP) is 2.66. The summed E-state index contributed by atoms with van der Waals surface area (Å²) < 4.78 is 18.4. The minimum atomic E-state index is -1.28. The minimum Gasteiger partial charge on any atom is -0.475 e. The molecule has 2 rings (SSSR count). The summed E-state index contributed by atoms with van der Waals surface area (Å²) in [6.45, 7) is 1.70. The van der Waals surface area contributed by atoms with Gasteiger partial charge in [0.15, 0.2) is 5.76 Å². The number of hydrogen-bond donors (Lipinski definition) is 1. The van der Waals surface area contributed by atoms with Gasteiger partial charge in [0.05, 0.1) is 5.56 Å². The van der Waals surface area contributed by atoms with Crippen molar-refractivity contribution in [3.8, 4) is 0 Å². The molecule has 0 bridgehead atoms. The summed E-state index contributed by atoms with van der Waals surface area (Å²) in [5.74, 6) is -3.17. The second-order valence-electron chi connectivity index (χ2n) is 3.78. The Morgan fingerprint density at radius 2 is 1.83 bits per heavy atom. The zero-order valence-electron chi connectivity index (χ0n) is 9.44. The SMILES string of the molecule is Cc1ccc(C(=O)c2ccc(C(=O)O)o2)c(F)c1. The van der Waals surface area contributed by atoms with Crippen molar-refractivity contribution in [3.05, 3.63) is 58.8 Å². The van der Waals surface area contributed by atoms with Crippen LogP contribution in [-0.2, 0) is 0 Å². The third kappa shape index (κ3) is 2.15. The predicted molar refractivity (Wildman–Crippen MR) is 60.2 cm³/mol. The second-order valence-corrected chi connectivity index (χ2v) is 3.78. The first-order valence-corrected chi connectivity index (χ1v) is 5.13. The second kappa shape index (κ2) is 4.44. The van der Waals surface area contributed by atoms with Crippen molar-refractivity contribution in [1.82, 2.24) is 0 Å². The zero-order valence-corrected chi connectivity index (χ0v) is 9.44. The number of carbonyl (C=O) groups is 2. The molecule has 0 unspecified atom stereocenters. The quantitative estimate of drug-likeness (QED) is 0.848. The molecule has 1 N–H and O–H groups in total. The summed E-state index contributed by atoms with van der Waals surface area (Å²) >= 11 is 0. The first-order valence-electron chi connectivity index (χ1n) is 5.13. The van der Waals surface area contributed by atoms with Crippen molar-refractivity contribution in [3.63, 3.8) is 0 Å². The molecule has 2 aromatic rings. The number of carbonyl (C=O) groups excluding carboxylic acids is 1. The molecule has 0 aliphatic carbocycles. The standard InChI is InChI=1S/C13H9FO4/c1-7-2-3-8(9(14)6-7)12(15)10-4-5-11(18-10)13(16)17/h2-6H,1H3,(H,16,17). The first-order chi connectivity index (χ1) is 8.49. The van der Waals surface area contributed by atoms with Crippen molar-refractivity contribution >= 4 is 11.8 Å². The van der Waals surface area contributed by atoms with Gasteiger partial charge in [0.1, 0.15) is 5.82 Å². The van der Waals surface area contributed by atoms with Crippen LogP contribution in [0.25, 0.3) is 0 Å². The van der Waals surface area contributed by atoms with Gasteiger partial charge in [-0.15, -0.1) is 0 Å². The lowest BCUT2D eigenvalue weighted by molar-refractivity contribution is 0.0660. The Hall–Kier alpha value is -2.43. The maximum Gasteiger partial charge on any atom is 0.371 e. The van der Waals surface area contributed by atoms with Crippen LogP contribution in [0.1, 0.15) is 32.2 Å². The number of furan rings is 1. The average Bonchev–Trinajstić information content (AvgIpc) is 2.77. The molecule has 0 aliphatic heterocycles. The van der Waals surface area contributed by atoms with Crippen LogP contribution in [0.2, 0.25) is 0 Å². The lowest BCUT2D eigenvalue weighted by Gasteiger charge is -2.01. The van der Waals surface area contributed by atoms with Crippen LogP contribution >= 0.6 is 0 Å². The van der Waals surface area contributed by atoms with Gasteiger partial charge in [0.2, 0.25) is 11.5 Å². The summed E-state index contributed by atoms with van der Waals surface area (Å²) in [5, 5.41) is 8.66. The molecular weight excluding hydrogens is 239 g/mol. The van der Waals surface area contributed by atoms with E-state index >= 15 is 0 Å². The van der Waals surface area contributed by atoms with Gasteiger partial charge in [0, 0.05) is 0 Å². The number of carboxylic acid groups (broad SMARTS) is 1. The van der Waals surface area contributed by atoms with Gasteiger partial charge < -0.3 is 9.52 Å². The number of benzene rings is 1. The van der Waals surface area contributed by atoms with Gasteiger partial charge in [-0.25, -0.2) is 9.18 Å². The van der Waals surface area contributed by atoms with E-state index in [1.54, 1.807) is 13.0 Å². The number of halogens is 1. The van der Waals surface area contributed by atoms with Gasteiger partial charge in [-0.1, -0.05) is 6.07 Å². The molecule has 4 nitrogen and oxygen atoms in total. The van der Waals surface area contributed by atoms with Crippen LogP contribution < -0.4 is 0 Å². The molecule has 0 aliphatic rings. The Morgan fingerprint density at radius 3 is 2.39 bits per heavy atom. The molecule has 0 fully saturated rings. The Labute approximate surface area is 102 Å². The van der Waals surface area contributed by atoms with Crippen molar-refractivity contribution < 1.29 is 23.5 Å². The zero-order chi connectivity index (χ0) is 13.3. The van der Waals surface area contributed by atoms with Crippen LogP contribution in [0.4, 0.5) is 4.39 Å². The van der Waals surface area contributed by atoms with E-state index in [0.29, 0.717) is 5.56 Å². The summed E-state index contributed by atoms with van der Waals surface area (Å²) in [5.41, 5.74) is 0.543. The van der Waals surface area contributed by atoms with E-state index in [1.807, 2.05) is 0 Å². The van der Waals surface area contributed by atoms with Crippen molar-refractivity contribution in [2.24, 2.45) is 0 Å². The third-order valence-corrected chi connectivity index (χ3v) is 2.41.